The summed E-state index contributed by atoms with van der Waals surface area (Å²) in [6.07, 6.45) is 4.21. The van der Waals surface area contributed by atoms with Gasteiger partial charge in [0.15, 0.2) is 5.72 Å². The number of nitrogens with one attached hydrogen (secondary N) is 1. The van der Waals surface area contributed by atoms with Crippen LogP contribution in [0.5, 0.6) is 0 Å². The van der Waals surface area contributed by atoms with E-state index in [0.717, 1.165) is 0 Å². The third-order valence-electron chi connectivity index (χ3n) is 2.60. The molecule has 1 aliphatic carbocycles. The number of carbonyl (C=O) groups is 2. The van der Waals surface area contributed by atoms with E-state index < -0.39 is 29.7 Å². The molecule has 100 valence electrons. The Morgan fingerprint density at radius 2 is 2.17 bits per heavy atom. The third kappa shape index (κ3) is 3.66. The van der Waals surface area contributed by atoms with E-state index in [-0.39, 0.29) is 12.8 Å². The summed E-state index contributed by atoms with van der Waals surface area (Å²) in [6, 6.07) is -0.989. The third-order valence-corrected chi connectivity index (χ3v) is 2.60. The number of quaternary nitrogens is 1. The second-order valence-corrected chi connectivity index (χ2v) is 4.12. The maximum atomic E-state index is 11.5. The van der Waals surface area contributed by atoms with Gasteiger partial charge in [-0.1, -0.05) is 18.2 Å². The van der Waals surface area contributed by atoms with Crippen LogP contribution in [0.15, 0.2) is 24.3 Å². The molecule has 1 amide bonds. The number of rotatable bonds is 5. The SMILES string of the molecule is [NH3+][C@@H](CCC(=O)NC1(O)C=CC=CC1O)C(=O)[O-]. The van der Waals surface area contributed by atoms with Crippen LogP contribution in [0.3, 0.4) is 0 Å². The van der Waals surface area contributed by atoms with Gasteiger partial charge < -0.3 is 31.2 Å². The summed E-state index contributed by atoms with van der Waals surface area (Å²) in [4.78, 5) is 21.9. The number of hydrogen-bond acceptors (Lipinski definition) is 5. The quantitative estimate of drug-likeness (QED) is 0.377. The first kappa shape index (κ1) is 14.4. The van der Waals surface area contributed by atoms with Crippen LogP contribution >= 0.6 is 0 Å². The number of aliphatic hydroxyl groups is 2. The minimum absolute atomic E-state index is 0.000104. The summed E-state index contributed by atoms with van der Waals surface area (Å²) in [5, 5.41) is 32.1. The number of aliphatic carboxylic acids is 1. The molecule has 0 aliphatic heterocycles. The van der Waals surface area contributed by atoms with Crippen molar-refractivity contribution >= 4 is 11.9 Å². The summed E-state index contributed by atoms with van der Waals surface area (Å²) in [5.41, 5.74) is 1.45. The topological polar surface area (TPSA) is 137 Å². The monoisotopic (exact) mass is 256 g/mol. The van der Waals surface area contributed by atoms with Gasteiger partial charge in [-0.05, 0) is 6.08 Å². The lowest BCUT2D eigenvalue weighted by Crippen LogP contribution is -2.68. The molecule has 1 aliphatic rings. The molecule has 0 saturated carbocycles. The van der Waals surface area contributed by atoms with Crippen LogP contribution in [-0.2, 0) is 9.59 Å². The lowest BCUT2D eigenvalue weighted by atomic mass is 10.0. The number of carbonyl (C=O) groups excluding carboxylic acids is 2. The molecule has 0 saturated heterocycles. The molecule has 18 heavy (non-hydrogen) atoms. The number of hydrogen-bond donors (Lipinski definition) is 4. The fraction of sp³-hybridized carbons (Fsp3) is 0.455. The smallest absolute Gasteiger partial charge is 0.222 e. The molecule has 3 atom stereocenters. The van der Waals surface area contributed by atoms with Gasteiger partial charge in [0.25, 0.3) is 0 Å². The Hall–Kier alpha value is -1.70. The molecule has 7 heteroatoms. The predicted octanol–water partition coefficient (Wildman–Crippen LogP) is -3.58. The molecule has 0 aromatic heterocycles. The summed E-state index contributed by atoms with van der Waals surface area (Å²) in [6.45, 7) is 0. The van der Waals surface area contributed by atoms with Crippen LogP contribution in [0, 0.1) is 0 Å². The van der Waals surface area contributed by atoms with Crippen LogP contribution in [-0.4, -0.2) is 40.0 Å². The van der Waals surface area contributed by atoms with E-state index >= 15 is 0 Å². The van der Waals surface area contributed by atoms with Gasteiger partial charge in [0, 0.05) is 12.8 Å². The van der Waals surface area contributed by atoms with Gasteiger partial charge in [0.05, 0.1) is 5.97 Å². The van der Waals surface area contributed by atoms with E-state index in [2.05, 4.69) is 11.1 Å². The molecule has 2 unspecified atom stereocenters. The molecular formula is C11H16N2O5. The fourth-order valence-electron chi connectivity index (χ4n) is 1.44. The van der Waals surface area contributed by atoms with E-state index in [1.54, 1.807) is 0 Å². The van der Waals surface area contributed by atoms with Crippen molar-refractivity contribution < 1.29 is 30.6 Å². The lowest BCUT2D eigenvalue weighted by Gasteiger charge is -2.31. The van der Waals surface area contributed by atoms with E-state index in [0.29, 0.717) is 0 Å². The molecule has 0 aromatic rings. The number of allylic oxidation sites excluding steroid dienone is 2. The zero-order valence-electron chi connectivity index (χ0n) is 9.70. The largest absolute Gasteiger partial charge is 0.544 e. The highest BCUT2D eigenvalue weighted by Gasteiger charge is 2.34. The van der Waals surface area contributed by atoms with Gasteiger partial charge in [-0.3, -0.25) is 4.79 Å². The number of aliphatic hydroxyl groups excluding tert-OH is 1. The Bertz CT molecular complexity index is 393. The first-order chi connectivity index (χ1) is 8.35. The Morgan fingerprint density at radius 3 is 2.72 bits per heavy atom. The summed E-state index contributed by atoms with van der Waals surface area (Å²) < 4.78 is 0. The van der Waals surface area contributed by atoms with Crippen LogP contribution < -0.4 is 16.2 Å². The Labute approximate surface area is 104 Å². The average molecular weight is 256 g/mol. The second kappa shape index (κ2) is 5.76. The van der Waals surface area contributed by atoms with E-state index in [1.807, 2.05) is 0 Å². The molecule has 0 heterocycles. The normalized spacial score (nSPS) is 27.8. The highest BCUT2D eigenvalue weighted by atomic mass is 16.4. The van der Waals surface area contributed by atoms with Crippen molar-refractivity contribution in [3.05, 3.63) is 24.3 Å². The van der Waals surface area contributed by atoms with E-state index in [1.165, 1.54) is 24.3 Å². The second-order valence-electron chi connectivity index (χ2n) is 4.12. The lowest BCUT2D eigenvalue weighted by molar-refractivity contribution is -0.438. The van der Waals surface area contributed by atoms with Gasteiger partial charge in [0.2, 0.25) is 5.91 Å². The zero-order chi connectivity index (χ0) is 13.8. The van der Waals surface area contributed by atoms with Crippen molar-refractivity contribution in [2.45, 2.75) is 30.7 Å². The molecule has 0 fully saturated rings. The number of amides is 1. The van der Waals surface area contributed by atoms with E-state index in [9.17, 15) is 24.9 Å². The summed E-state index contributed by atoms with van der Waals surface area (Å²) >= 11 is 0. The molecule has 0 bridgehead atoms. The number of carboxylic acid groups (broad SMARTS) is 1. The average Bonchev–Trinajstić information content (AvgIpc) is 2.30. The maximum Gasteiger partial charge on any atom is 0.222 e. The highest BCUT2D eigenvalue weighted by molar-refractivity contribution is 5.78. The standard InChI is InChI=1S/C11H16N2O5/c12-7(10(16)17)4-5-9(15)13-11(18)6-2-1-3-8(11)14/h1-3,6-8,14,18H,4-5,12H2,(H,13,15)(H,16,17)/t7-,8?,11?/m0/s1. The van der Waals surface area contributed by atoms with Crippen molar-refractivity contribution in [2.24, 2.45) is 0 Å². The fourth-order valence-corrected chi connectivity index (χ4v) is 1.44. The van der Waals surface area contributed by atoms with Crippen molar-refractivity contribution in [2.75, 3.05) is 0 Å². The Balaban J connectivity index is 2.47. The van der Waals surface area contributed by atoms with Gasteiger partial charge >= 0.3 is 0 Å². The van der Waals surface area contributed by atoms with Gasteiger partial charge in [-0.15, -0.1) is 0 Å². The van der Waals surface area contributed by atoms with Gasteiger partial charge in [-0.2, -0.15) is 0 Å². The minimum atomic E-state index is -1.86. The van der Waals surface area contributed by atoms with Crippen LogP contribution in [0.4, 0.5) is 0 Å². The molecule has 0 spiro atoms. The first-order valence-electron chi connectivity index (χ1n) is 5.46. The highest BCUT2D eigenvalue weighted by Crippen LogP contribution is 2.15. The van der Waals surface area contributed by atoms with Crippen molar-refractivity contribution in [1.82, 2.24) is 5.32 Å². The Morgan fingerprint density at radius 1 is 1.50 bits per heavy atom. The van der Waals surface area contributed by atoms with Crippen molar-refractivity contribution in [1.29, 1.82) is 0 Å². The molecule has 0 aromatic carbocycles. The van der Waals surface area contributed by atoms with Crippen molar-refractivity contribution in [3.8, 4) is 0 Å². The Kier molecular flexibility index (Phi) is 4.60. The number of carboxylic acids is 1. The minimum Gasteiger partial charge on any atom is -0.544 e. The van der Waals surface area contributed by atoms with E-state index in [4.69, 9.17) is 0 Å². The van der Waals surface area contributed by atoms with Crippen molar-refractivity contribution in [3.63, 3.8) is 0 Å². The maximum absolute atomic E-state index is 11.5. The molecule has 0 radical (unpaired) electrons. The molecular weight excluding hydrogens is 240 g/mol. The summed E-state index contributed by atoms with van der Waals surface area (Å²) in [5.74, 6) is -1.91. The molecule has 6 N–H and O–H groups in total. The zero-order valence-corrected chi connectivity index (χ0v) is 9.70. The predicted molar refractivity (Wildman–Crippen MR) is 58.3 cm³/mol. The summed E-state index contributed by atoms with van der Waals surface area (Å²) in [7, 11) is 0. The van der Waals surface area contributed by atoms with Gasteiger partial charge in [-0.25, -0.2) is 0 Å². The first-order valence-corrected chi connectivity index (χ1v) is 5.46. The van der Waals surface area contributed by atoms with Gasteiger partial charge in [0.1, 0.15) is 12.1 Å². The van der Waals surface area contributed by atoms with Crippen LogP contribution in [0.25, 0.3) is 0 Å². The molecule has 7 nitrogen and oxygen atoms in total. The van der Waals surface area contributed by atoms with Crippen LogP contribution in [0.2, 0.25) is 0 Å². The molecule has 1 rings (SSSR count). The van der Waals surface area contributed by atoms with Crippen LogP contribution in [0.1, 0.15) is 12.8 Å².